The summed E-state index contributed by atoms with van der Waals surface area (Å²) in [5.74, 6) is 0. The summed E-state index contributed by atoms with van der Waals surface area (Å²) in [6.07, 6.45) is 2.81. The molecule has 20 heavy (non-hydrogen) atoms. The monoisotopic (exact) mass is 299 g/mol. The Morgan fingerprint density at radius 2 is 2.10 bits per heavy atom. The molecule has 1 fully saturated rings. The van der Waals surface area contributed by atoms with E-state index in [1.807, 2.05) is 13.8 Å². The van der Waals surface area contributed by atoms with Crippen molar-refractivity contribution in [1.82, 2.24) is 9.71 Å². The molecular formula is C13H21N3O3S. The van der Waals surface area contributed by atoms with Crippen LogP contribution in [0, 0.1) is 0 Å². The minimum Gasteiger partial charge on any atom is -0.383 e. The Balaban J connectivity index is 2.26. The lowest BCUT2D eigenvalue weighted by Gasteiger charge is -2.33. The van der Waals surface area contributed by atoms with Crippen molar-refractivity contribution >= 4 is 15.7 Å². The predicted molar refractivity (Wildman–Crippen MR) is 77.2 cm³/mol. The number of nitrogens with zero attached hydrogens (tertiary/aromatic N) is 1. The maximum Gasteiger partial charge on any atom is 0.260 e. The van der Waals surface area contributed by atoms with Gasteiger partial charge in [0.25, 0.3) is 10.0 Å². The molecule has 0 unspecified atom stereocenters. The first-order chi connectivity index (χ1) is 9.47. The van der Waals surface area contributed by atoms with E-state index in [0.717, 1.165) is 0 Å². The van der Waals surface area contributed by atoms with Gasteiger partial charge in [0.15, 0.2) is 5.03 Å². The minimum absolute atomic E-state index is 0.0505. The second-order valence-electron chi connectivity index (χ2n) is 5.16. The summed E-state index contributed by atoms with van der Waals surface area (Å²) < 4.78 is 33.2. The van der Waals surface area contributed by atoms with Gasteiger partial charge in [-0.1, -0.05) is 0 Å². The van der Waals surface area contributed by atoms with Crippen LogP contribution in [0.5, 0.6) is 0 Å². The van der Waals surface area contributed by atoms with Gasteiger partial charge in [-0.25, -0.2) is 18.1 Å². The number of anilines is 1. The SMILES string of the molecule is CCNc1cccnc1S(=O)(=O)NC1(C)CCOCC1. The van der Waals surface area contributed by atoms with Crippen LogP contribution >= 0.6 is 0 Å². The average Bonchev–Trinajstić information content (AvgIpc) is 2.39. The second kappa shape index (κ2) is 6.07. The zero-order valence-electron chi connectivity index (χ0n) is 11.8. The number of sulfonamides is 1. The first-order valence-corrected chi connectivity index (χ1v) is 8.26. The second-order valence-corrected chi connectivity index (χ2v) is 6.76. The fourth-order valence-corrected chi connectivity index (χ4v) is 3.81. The fraction of sp³-hybridized carbons (Fsp3) is 0.615. The zero-order chi connectivity index (χ0) is 14.6. The highest BCUT2D eigenvalue weighted by molar-refractivity contribution is 7.89. The molecule has 0 radical (unpaired) electrons. The molecule has 1 aromatic rings. The van der Waals surface area contributed by atoms with Crippen molar-refractivity contribution in [1.29, 1.82) is 0 Å². The molecule has 0 amide bonds. The Morgan fingerprint density at radius 3 is 2.75 bits per heavy atom. The summed E-state index contributed by atoms with van der Waals surface area (Å²) in [7, 11) is -3.65. The van der Waals surface area contributed by atoms with E-state index in [-0.39, 0.29) is 5.03 Å². The van der Waals surface area contributed by atoms with Crippen molar-refractivity contribution in [3.8, 4) is 0 Å². The third kappa shape index (κ3) is 3.47. The molecule has 2 rings (SSSR count). The van der Waals surface area contributed by atoms with Crippen LogP contribution in [0.4, 0.5) is 5.69 Å². The zero-order valence-corrected chi connectivity index (χ0v) is 12.7. The number of hydrogen-bond acceptors (Lipinski definition) is 5. The van der Waals surface area contributed by atoms with Crippen LogP contribution in [0.3, 0.4) is 0 Å². The van der Waals surface area contributed by atoms with E-state index in [0.29, 0.717) is 38.3 Å². The molecule has 7 heteroatoms. The van der Waals surface area contributed by atoms with Gasteiger partial charge in [-0.15, -0.1) is 0 Å². The lowest BCUT2D eigenvalue weighted by atomic mass is 9.94. The van der Waals surface area contributed by atoms with Crippen molar-refractivity contribution < 1.29 is 13.2 Å². The molecule has 0 aliphatic carbocycles. The van der Waals surface area contributed by atoms with Crippen LogP contribution in [0.15, 0.2) is 23.4 Å². The minimum atomic E-state index is -3.65. The third-order valence-electron chi connectivity index (χ3n) is 3.37. The smallest absolute Gasteiger partial charge is 0.260 e. The first kappa shape index (κ1) is 15.2. The van der Waals surface area contributed by atoms with Gasteiger partial charge in [-0.3, -0.25) is 0 Å². The van der Waals surface area contributed by atoms with Gasteiger partial charge in [-0.05, 0) is 38.8 Å². The molecular weight excluding hydrogens is 278 g/mol. The van der Waals surface area contributed by atoms with Crippen LogP contribution < -0.4 is 10.0 Å². The van der Waals surface area contributed by atoms with E-state index in [9.17, 15) is 8.42 Å². The maximum absolute atomic E-state index is 12.5. The lowest BCUT2D eigenvalue weighted by Crippen LogP contribution is -2.49. The van der Waals surface area contributed by atoms with Crippen LogP contribution in [-0.2, 0) is 14.8 Å². The summed E-state index contributed by atoms with van der Waals surface area (Å²) in [4.78, 5) is 4.02. The molecule has 6 nitrogen and oxygen atoms in total. The van der Waals surface area contributed by atoms with Gasteiger partial charge in [0.2, 0.25) is 0 Å². The molecule has 0 atom stereocenters. The highest BCUT2D eigenvalue weighted by atomic mass is 32.2. The number of nitrogens with one attached hydrogen (secondary N) is 2. The Labute approximate surface area is 120 Å². The molecule has 112 valence electrons. The molecule has 1 saturated heterocycles. The molecule has 0 aromatic carbocycles. The number of rotatable bonds is 5. The summed E-state index contributed by atoms with van der Waals surface area (Å²) in [6, 6.07) is 3.44. The van der Waals surface area contributed by atoms with E-state index in [1.165, 1.54) is 6.20 Å². The van der Waals surface area contributed by atoms with Gasteiger partial charge >= 0.3 is 0 Å². The lowest BCUT2D eigenvalue weighted by molar-refractivity contribution is 0.0537. The van der Waals surface area contributed by atoms with E-state index in [1.54, 1.807) is 12.1 Å². The van der Waals surface area contributed by atoms with Gasteiger partial charge in [0.05, 0.1) is 5.69 Å². The Bertz CT molecular complexity index is 554. The van der Waals surface area contributed by atoms with E-state index in [4.69, 9.17) is 4.74 Å². The van der Waals surface area contributed by atoms with Crippen molar-refractivity contribution in [2.24, 2.45) is 0 Å². The summed E-state index contributed by atoms with van der Waals surface area (Å²) >= 11 is 0. The average molecular weight is 299 g/mol. The number of pyridine rings is 1. The molecule has 1 aliphatic heterocycles. The third-order valence-corrected chi connectivity index (χ3v) is 4.97. The van der Waals surface area contributed by atoms with Gasteiger partial charge in [0, 0.05) is 31.5 Å². The molecule has 2 heterocycles. The highest BCUT2D eigenvalue weighted by Crippen LogP contribution is 2.25. The first-order valence-electron chi connectivity index (χ1n) is 6.77. The summed E-state index contributed by atoms with van der Waals surface area (Å²) in [5, 5.41) is 3.08. The topological polar surface area (TPSA) is 80.3 Å². The Hall–Kier alpha value is -1.18. The molecule has 0 bridgehead atoms. The fourth-order valence-electron chi connectivity index (χ4n) is 2.23. The van der Waals surface area contributed by atoms with Gasteiger partial charge in [-0.2, -0.15) is 0 Å². The van der Waals surface area contributed by atoms with Crippen LogP contribution in [-0.4, -0.2) is 38.7 Å². The molecule has 0 saturated carbocycles. The molecule has 1 aromatic heterocycles. The van der Waals surface area contributed by atoms with Crippen molar-refractivity contribution in [3.63, 3.8) is 0 Å². The van der Waals surface area contributed by atoms with E-state index in [2.05, 4.69) is 15.0 Å². The number of ether oxygens (including phenoxy) is 1. The molecule has 2 N–H and O–H groups in total. The largest absolute Gasteiger partial charge is 0.383 e. The number of aromatic nitrogens is 1. The summed E-state index contributed by atoms with van der Waals surface area (Å²) in [6.45, 7) is 5.60. The van der Waals surface area contributed by atoms with Crippen molar-refractivity contribution in [2.75, 3.05) is 25.1 Å². The normalized spacial score (nSPS) is 18.7. The van der Waals surface area contributed by atoms with Gasteiger partial charge in [0.1, 0.15) is 0 Å². The Morgan fingerprint density at radius 1 is 1.40 bits per heavy atom. The Kier molecular flexibility index (Phi) is 4.62. The molecule has 0 spiro atoms. The predicted octanol–water partition coefficient (Wildman–Crippen LogP) is 1.36. The van der Waals surface area contributed by atoms with Crippen LogP contribution in [0.1, 0.15) is 26.7 Å². The summed E-state index contributed by atoms with van der Waals surface area (Å²) in [5.41, 5.74) is 0.0520. The van der Waals surface area contributed by atoms with E-state index >= 15 is 0 Å². The quantitative estimate of drug-likeness (QED) is 0.858. The van der Waals surface area contributed by atoms with Crippen LogP contribution in [0.2, 0.25) is 0 Å². The van der Waals surface area contributed by atoms with Gasteiger partial charge < -0.3 is 10.1 Å². The van der Waals surface area contributed by atoms with E-state index < -0.39 is 15.6 Å². The molecule has 1 aliphatic rings. The number of hydrogen-bond donors (Lipinski definition) is 2. The van der Waals surface area contributed by atoms with Crippen LogP contribution in [0.25, 0.3) is 0 Å². The highest BCUT2D eigenvalue weighted by Gasteiger charge is 2.34. The maximum atomic E-state index is 12.5. The van der Waals surface area contributed by atoms with Crippen molar-refractivity contribution in [2.45, 2.75) is 37.3 Å². The standard InChI is InChI=1S/C13H21N3O3S/c1-3-14-11-5-4-8-15-12(11)20(17,18)16-13(2)6-9-19-10-7-13/h4-5,8,14,16H,3,6-7,9-10H2,1-2H3. The van der Waals surface area contributed by atoms with Crippen molar-refractivity contribution in [3.05, 3.63) is 18.3 Å².